The zero-order valence-corrected chi connectivity index (χ0v) is 13.8. The number of hydrogen-bond acceptors (Lipinski definition) is 3. The van der Waals surface area contributed by atoms with Crippen LogP contribution in [-0.2, 0) is 0 Å². The number of hydrogen-bond donors (Lipinski definition) is 1. The molecular weight excluding hydrogens is 260 g/mol. The quantitative estimate of drug-likeness (QED) is 0.781. The van der Waals surface area contributed by atoms with Crippen LogP contribution in [0.2, 0.25) is 0 Å². The third kappa shape index (κ3) is 5.33. The number of likely N-dealkylation sites (tertiary alicyclic amines) is 1. The fourth-order valence-corrected chi connectivity index (χ4v) is 3.30. The van der Waals surface area contributed by atoms with Crippen LogP contribution in [0.3, 0.4) is 0 Å². The molecule has 1 aliphatic rings. The molecule has 1 aromatic rings. The second-order valence-electron chi connectivity index (χ2n) is 6.27. The first kappa shape index (κ1) is 16.3. The number of piperidine rings is 1. The number of nitrogens with zero attached hydrogens (tertiary/aromatic N) is 1. The first-order valence-electron chi connectivity index (χ1n) is 8.29. The standard InChI is InChI=1S/C18H30N2O/c1-15-11-16(2)13-18(12-15)21-10-6-9-20-8-5-4-7-17(20)14-19-3/h11-13,17,19H,4-10,14H2,1-3H3. The van der Waals surface area contributed by atoms with E-state index in [-0.39, 0.29) is 0 Å². The Labute approximate surface area is 129 Å². The average molecular weight is 290 g/mol. The predicted molar refractivity (Wildman–Crippen MR) is 89.2 cm³/mol. The summed E-state index contributed by atoms with van der Waals surface area (Å²) in [6.07, 6.45) is 5.16. The molecule has 3 nitrogen and oxygen atoms in total. The molecule has 1 unspecified atom stereocenters. The molecule has 0 spiro atoms. The van der Waals surface area contributed by atoms with Crippen LogP contribution in [0, 0.1) is 13.8 Å². The highest BCUT2D eigenvalue weighted by Crippen LogP contribution is 2.18. The summed E-state index contributed by atoms with van der Waals surface area (Å²) >= 11 is 0. The fraction of sp³-hybridized carbons (Fsp3) is 0.667. The molecule has 0 bridgehead atoms. The SMILES string of the molecule is CNCC1CCCCN1CCCOc1cc(C)cc(C)c1. The van der Waals surface area contributed by atoms with Gasteiger partial charge >= 0.3 is 0 Å². The molecule has 21 heavy (non-hydrogen) atoms. The van der Waals surface area contributed by atoms with E-state index in [4.69, 9.17) is 4.74 Å². The van der Waals surface area contributed by atoms with Gasteiger partial charge in [0.2, 0.25) is 0 Å². The van der Waals surface area contributed by atoms with Crippen molar-refractivity contribution in [2.75, 3.05) is 33.3 Å². The van der Waals surface area contributed by atoms with Gasteiger partial charge in [0.1, 0.15) is 5.75 Å². The number of ether oxygens (including phenoxy) is 1. The molecule has 0 aliphatic carbocycles. The van der Waals surface area contributed by atoms with Gasteiger partial charge in [-0.3, -0.25) is 4.90 Å². The molecule has 2 rings (SSSR count). The Morgan fingerprint density at radius 3 is 2.67 bits per heavy atom. The monoisotopic (exact) mass is 290 g/mol. The fourth-order valence-electron chi connectivity index (χ4n) is 3.30. The molecule has 1 fully saturated rings. The lowest BCUT2D eigenvalue weighted by Crippen LogP contribution is -2.45. The summed E-state index contributed by atoms with van der Waals surface area (Å²) < 4.78 is 5.91. The van der Waals surface area contributed by atoms with Gasteiger partial charge in [-0.25, -0.2) is 0 Å². The number of aryl methyl sites for hydroxylation is 2. The first-order valence-corrected chi connectivity index (χ1v) is 8.29. The normalized spacial score (nSPS) is 19.7. The van der Waals surface area contributed by atoms with Crippen LogP contribution in [-0.4, -0.2) is 44.2 Å². The van der Waals surface area contributed by atoms with Gasteiger partial charge in [-0.15, -0.1) is 0 Å². The minimum Gasteiger partial charge on any atom is -0.494 e. The zero-order valence-electron chi connectivity index (χ0n) is 13.8. The Hall–Kier alpha value is -1.06. The van der Waals surface area contributed by atoms with Gasteiger partial charge in [0.05, 0.1) is 6.61 Å². The Morgan fingerprint density at radius 1 is 1.19 bits per heavy atom. The Bertz CT molecular complexity index is 411. The van der Waals surface area contributed by atoms with Gasteiger partial charge in [-0.05, 0) is 70.0 Å². The molecule has 118 valence electrons. The van der Waals surface area contributed by atoms with Crippen molar-refractivity contribution < 1.29 is 4.74 Å². The maximum atomic E-state index is 5.91. The molecule has 0 amide bonds. The van der Waals surface area contributed by atoms with Crippen molar-refractivity contribution in [1.82, 2.24) is 10.2 Å². The van der Waals surface area contributed by atoms with Crippen molar-refractivity contribution in [3.8, 4) is 5.75 Å². The van der Waals surface area contributed by atoms with Crippen LogP contribution in [0.15, 0.2) is 18.2 Å². The Morgan fingerprint density at radius 2 is 1.95 bits per heavy atom. The molecule has 0 radical (unpaired) electrons. The van der Waals surface area contributed by atoms with Gasteiger partial charge in [-0.1, -0.05) is 12.5 Å². The van der Waals surface area contributed by atoms with E-state index in [1.54, 1.807) is 0 Å². The molecule has 0 aromatic heterocycles. The minimum atomic E-state index is 0.713. The summed E-state index contributed by atoms with van der Waals surface area (Å²) in [5.74, 6) is 1.01. The van der Waals surface area contributed by atoms with E-state index in [0.29, 0.717) is 6.04 Å². The Balaban J connectivity index is 1.73. The van der Waals surface area contributed by atoms with Crippen LogP contribution in [0.4, 0.5) is 0 Å². The van der Waals surface area contributed by atoms with Crippen molar-refractivity contribution >= 4 is 0 Å². The predicted octanol–water partition coefficient (Wildman–Crippen LogP) is 3.15. The van der Waals surface area contributed by atoms with Crippen molar-refractivity contribution in [2.45, 2.75) is 45.6 Å². The van der Waals surface area contributed by atoms with Crippen LogP contribution in [0.25, 0.3) is 0 Å². The van der Waals surface area contributed by atoms with Crippen LogP contribution < -0.4 is 10.1 Å². The first-order chi connectivity index (χ1) is 10.2. The molecule has 1 saturated heterocycles. The molecule has 1 heterocycles. The van der Waals surface area contributed by atoms with Crippen molar-refractivity contribution in [1.29, 1.82) is 0 Å². The van der Waals surface area contributed by atoms with E-state index >= 15 is 0 Å². The second kappa shape index (κ2) is 8.40. The van der Waals surface area contributed by atoms with E-state index in [1.807, 2.05) is 0 Å². The van der Waals surface area contributed by atoms with E-state index in [2.05, 4.69) is 49.3 Å². The molecule has 1 aromatic carbocycles. The van der Waals surface area contributed by atoms with Crippen LogP contribution in [0.5, 0.6) is 5.75 Å². The summed E-state index contributed by atoms with van der Waals surface area (Å²) in [7, 11) is 2.05. The number of benzene rings is 1. The minimum absolute atomic E-state index is 0.713. The van der Waals surface area contributed by atoms with E-state index in [9.17, 15) is 0 Å². The van der Waals surface area contributed by atoms with Crippen molar-refractivity contribution in [2.24, 2.45) is 0 Å². The molecule has 3 heteroatoms. The molecule has 1 aliphatic heterocycles. The lowest BCUT2D eigenvalue weighted by molar-refractivity contribution is 0.137. The van der Waals surface area contributed by atoms with Crippen molar-refractivity contribution in [3.63, 3.8) is 0 Å². The summed E-state index contributed by atoms with van der Waals surface area (Å²) in [5.41, 5.74) is 2.55. The van der Waals surface area contributed by atoms with Gasteiger partial charge in [0, 0.05) is 19.1 Å². The van der Waals surface area contributed by atoms with E-state index in [0.717, 1.165) is 31.9 Å². The van der Waals surface area contributed by atoms with Crippen molar-refractivity contribution in [3.05, 3.63) is 29.3 Å². The van der Waals surface area contributed by atoms with Gasteiger partial charge in [-0.2, -0.15) is 0 Å². The maximum absolute atomic E-state index is 5.91. The second-order valence-corrected chi connectivity index (χ2v) is 6.27. The molecule has 1 atom stereocenters. The van der Waals surface area contributed by atoms with Gasteiger partial charge in [0.15, 0.2) is 0 Å². The average Bonchev–Trinajstić information content (AvgIpc) is 2.44. The zero-order chi connectivity index (χ0) is 15.1. The summed E-state index contributed by atoms with van der Waals surface area (Å²) in [4.78, 5) is 2.63. The summed E-state index contributed by atoms with van der Waals surface area (Å²) in [5, 5.41) is 3.32. The van der Waals surface area contributed by atoms with Gasteiger partial charge < -0.3 is 10.1 Å². The van der Waals surface area contributed by atoms with E-state index < -0.39 is 0 Å². The number of rotatable bonds is 7. The van der Waals surface area contributed by atoms with E-state index in [1.165, 1.54) is 36.9 Å². The molecule has 1 N–H and O–H groups in total. The largest absolute Gasteiger partial charge is 0.494 e. The van der Waals surface area contributed by atoms with Crippen LogP contribution in [0.1, 0.15) is 36.8 Å². The third-order valence-corrected chi connectivity index (χ3v) is 4.24. The topological polar surface area (TPSA) is 24.5 Å². The summed E-state index contributed by atoms with van der Waals surface area (Å²) in [6.45, 7) is 8.56. The lowest BCUT2D eigenvalue weighted by Gasteiger charge is -2.35. The molecular formula is C18H30N2O. The molecule has 0 saturated carbocycles. The Kier molecular flexibility index (Phi) is 6.52. The third-order valence-electron chi connectivity index (χ3n) is 4.24. The van der Waals surface area contributed by atoms with Gasteiger partial charge in [0.25, 0.3) is 0 Å². The highest BCUT2D eigenvalue weighted by atomic mass is 16.5. The highest BCUT2D eigenvalue weighted by Gasteiger charge is 2.20. The van der Waals surface area contributed by atoms with Crippen LogP contribution >= 0.6 is 0 Å². The summed E-state index contributed by atoms with van der Waals surface area (Å²) in [6, 6.07) is 7.14. The smallest absolute Gasteiger partial charge is 0.119 e. The lowest BCUT2D eigenvalue weighted by atomic mass is 10.0. The highest BCUT2D eigenvalue weighted by molar-refractivity contribution is 5.32. The number of nitrogens with one attached hydrogen (secondary N) is 1. The number of likely N-dealkylation sites (N-methyl/N-ethyl adjacent to an activating group) is 1. The maximum Gasteiger partial charge on any atom is 0.119 e.